The van der Waals surface area contributed by atoms with Gasteiger partial charge in [0.15, 0.2) is 0 Å². The van der Waals surface area contributed by atoms with Crippen LogP contribution in [-0.4, -0.2) is 20.4 Å². The molecule has 23 heavy (non-hydrogen) atoms. The zero-order valence-corrected chi connectivity index (χ0v) is 14.1. The van der Waals surface area contributed by atoms with Crippen LogP contribution in [-0.2, 0) is 6.54 Å². The molecule has 0 spiro atoms. The molecule has 1 amide bonds. The van der Waals surface area contributed by atoms with Gasteiger partial charge < -0.3 is 5.32 Å². The number of pyridine rings is 1. The molecule has 5 nitrogen and oxygen atoms in total. The van der Waals surface area contributed by atoms with Crippen molar-refractivity contribution in [3.8, 4) is 5.82 Å². The van der Waals surface area contributed by atoms with Crippen LogP contribution in [0.5, 0.6) is 0 Å². The summed E-state index contributed by atoms with van der Waals surface area (Å²) in [7, 11) is 0. The largest absolute Gasteiger partial charge is 0.347 e. The van der Waals surface area contributed by atoms with Gasteiger partial charge in [-0.05, 0) is 44.0 Å². The van der Waals surface area contributed by atoms with Gasteiger partial charge in [0.1, 0.15) is 11.6 Å². The molecule has 0 aliphatic carbocycles. The van der Waals surface area contributed by atoms with Crippen molar-refractivity contribution in [3.63, 3.8) is 0 Å². The van der Waals surface area contributed by atoms with Gasteiger partial charge in [0, 0.05) is 30.0 Å². The second kappa shape index (κ2) is 6.34. The molecule has 0 bridgehead atoms. The van der Waals surface area contributed by atoms with E-state index in [0.717, 1.165) is 27.6 Å². The van der Waals surface area contributed by atoms with Crippen LogP contribution in [0.4, 0.5) is 0 Å². The molecule has 3 rings (SSSR count). The van der Waals surface area contributed by atoms with Crippen molar-refractivity contribution < 1.29 is 4.79 Å². The number of aryl methyl sites for hydroxylation is 3. The van der Waals surface area contributed by atoms with Crippen LogP contribution < -0.4 is 5.32 Å². The first-order valence-corrected chi connectivity index (χ1v) is 8.17. The molecule has 6 heteroatoms. The Hall–Kier alpha value is -2.47. The highest BCUT2D eigenvalue weighted by Crippen LogP contribution is 2.20. The fraction of sp³-hybridized carbons (Fsp3) is 0.235. The van der Waals surface area contributed by atoms with Crippen molar-refractivity contribution in [2.75, 3.05) is 0 Å². The predicted molar refractivity (Wildman–Crippen MR) is 91.1 cm³/mol. The number of rotatable bonds is 4. The molecule has 118 valence electrons. The Morgan fingerprint density at radius 3 is 2.65 bits per heavy atom. The molecule has 0 fully saturated rings. The molecule has 3 aromatic rings. The third kappa shape index (κ3) is 3.32. The maximum Gasteiger partial charge on any atom is 0.261 e. The number of nitrogens with zero attached hydrogens (tertiary/aromatic N) is 3. The highest BCUT2D eigenvalue weighted by atomic mass is 32.1. The van der Waals surface area contributed by atoms with E-state index in [0.29, 0.717) is 6.54 Å². The van der Waals surface area contributed by atoms with E-state index in [2.05, 4.69) is 15.3 Å². The predicted octanol–water partition coefficient (Wildman–Crippen LogP) is 3.18. The minimum atomic E-state index is -0.0410. The van der Waals surface area contributed by atoms with E-state index in [1.54, 1.807) is 12.4 Å². The van der Waals surface area contributed by atoms with Crippen LogP contribution >= 0.6 is 11.3 Å². The Labute approximate surface area is 139 Å². The number of thiophene rings is 1. The van der Waals surface area contributed by atoms with E-state index in [1.165, 1.54) is 16.2 Å². The molecule has 0 aromatic carbocycles. The van der Waals surface area contributed by atoms with Gasteiger partial charge in [-0.3, -0.25) is 9.36 Å². The smallest absolute Gasteiger partial charge is 0.261 e. The second-order valence-electron chi connectivity index (χ2n) is 5.40. The summed E-state index contributed by atoms with van der Waals surface area (Å²) in [5.41, 5.74) is 2.12. The third-order valence-electron chi connectivity index (χ3n) is 3.72. The Morgan fingerprint density at radius 1 is 1.26 bits per heavy atom. The van der Waals surface area contributed by atoms with Crippen LogP contribution in [0.3, 0.4) is 0 Å². The highest BCUT2D eigenvalue weighted by Gasteiger charge is 2.10. The number of hydrogen-bond acceptors (Lipinski definition) is 4. The number of carbonyl (C=O) groups is 1. The topological polar surface area (TPSA) is 59.8 Å². The summed E-state index contributed by atoms with van der Waals surface area (Å²) in [5, 5.41) is 2.93. The first-order chi connectivity index (χ1) is 11.0. The minimum absolute atomic E-state index is 0.0410. The van der Waals surface area contributed by atoms with E-state index in [4.69, 9.17) is 0 Å². The maximum absolute atomic E-state index is 12.1. The van der Waals surface area contributed by atoms with Gasteiger partial charge in [-0.25, -0.2) is 9.97 Å². The molecule has 0 radical (unpaired) electrons. The van der Waals surface area contributed by atoms with Gasteiger partial charge in [-0.15, -0.1) is 11.3 Å². The lowest BCUT2D eigenvalue weighted by atomic mass is 10.2. The van der Waals surface area contributed by atoms with Crippen molar-refractivity contribution in [1.29, 1.82) is 0 Å². The lowest BCUT2D eigenvalue weighted by Gasteiger charge is -2.06. The SMILES string of the molecule is Cc1cc(C(=O)NCc2ccc(-n3ccnc3C)nc2)sc1C. The van der Waals surface area contributed by atoms with E-state index in [1.807, 2.05) is 49.7 Å². The number of aromatic nitrogens is 3. The monoisotopic (exact) mass is 326 g/mol. The first-order valence-electron chi connectivity index (χ1n) is 7.35. The standard InChI is InChI=1S/C17H18N4OS/c1-11-8-15(23-12(11)2)17(22)20-10-14-4-5-16(19-9-14)21-7-6-18-13(21)3/h4-9H,10H2,1-3H3,(H,20,22). The lowest BCUT2D eigenvalue weighted by molar-refractivity contribution is 0.0955. The molecule has 3 aromatic heterocycles. The summed E-state index contributed by atoms with van der Waals surface area (Å²) in [6.45, 7) is 6.44. The van der Waals surface area contributed by atoms with Crippen LogP contribution in [0.2, 0.25) is 0 Å². The van der Waals surface area contributed by atoms with Gasteiger partial charge in [0.2, 0.25) is 0 Å². The zero-order valence-electron chi connectivity index (χ0n) is 13.3. The molecule has 0 saturated carbocycles. The van der Waals surface area contributed by atoms with Crippen LogP contribution in [0.1, 0.15) is 31.5 Å². The summed E-state index contributed by atoms with van der Waals surface area (Å²) >= 11 is 1.52. The Bertz CT molecular complexity index is 813. The molecule has 0 atom stereocenters. The van der Waals surface area contributed by atoms with Gasteiger partial charge >= 0.3 is 0 Å². The molecule has 0 saturated heterocycles. The Balaban J connectivity index is 1.65. The normalized spacial score (nSPS) is 10.7. The van der Waals surface area contributed by atoms with Crippen molar-refractivity contribution in [3.05, 3.63) is 63.5 Å². The number of carbonyl (C=O) groups excluding carboxylic acids is 1. The fourth-order valence-corrected chi connectivity index (χ4v) is 3.19. The summed E-state index contributed by atoms with van der Waals surface area (Å²) < 4.78 is 1.92. The van der Waals surface area contributed by atoms with E-state index in [9.17, 15) is 4.79 Å². The van der Waals surface area contributed by atoms with Gasteiger partial charge in [0.05, 0.1) is 4.88 Å². The quantitative estimate of drug-likeness (QED) is 0.801. The first kappa shape index (κ1) is 15.4. The number of hydrogen-bond donors (Lipinski definition) is 1. The molecule has 1 N–H and O–H groups in total. The Kier molecular flexibility index (Phi) is 4.25. The second-order valence-corrected chi connectivity index (χ2v) is 6.66. The molecular formula is C17H18N4OS. The fourth-order valence-electron chi connectivity index (χ4n) is 2.24. The van der Waals surface area contributed by atoms with Crippen molar-refractivity contribution >= 4 is 17.2 Å². The van der Waals surface area contributed by atoms with Crippen molar-refractivity contribution in [2.45, 2.75) is 27.3 Å². The average molecular weight is 326 g/mol. The molecule has 0 aliphatic rings. The number of amides is 1. The molecule has 3 heterocycles. The van der Waals surface area contributed by atoms with E-state index >= 15 is 0 Å². The molecule has 0 aliphatic heterocycles. The average Bonchev–Trinajstić information content (AvgIpc) is 3.12. The zero-order chi connectivity index (χ0) is 16.4. The minimum Gasteiger partial charge on any atom is -0.347 e. The van der Waals surface area contributed by atoms with Gasteiger partial charge in [-0.2, -0.15) is 0 Å². The van der Waals surface area contributed by atoms with E-state index < -0.39 is 0 Å². The highest BCUT2D eigenvalue weighted by molar-refractivity contribution is 7.14. The summed E-state index contributed by atoms with van der Waals surface area (Å²) in [5.74, 6) is 1.67. The van der Waals surface area contributed by atoms with Crippen molar-refractivity contribution in [1.82, 2.24) is 19.9 Å². The molecule has 0 unspecified atom stereocenters. The van der Waals surface area contributed by atoms with Gasteiger partial charge in [-0.1, -0.05) is 6.07 Å². The Morgan fingerprint density at radius 2 is 2.09 bits per heavy atom. The van der Waals surface area contributed by atoms with Crippen LogP contribution in [0.25, 0.3) is 5.82 Å². The van der Waals surface area contributed by atoms with Crippen LogP contribution in [0.15, 0.2) is 36.8 Å². The lowest BCUT2D eigenvalue weighted by Crippen LogP contribution is -2.21. The summed E-state index contributed by atoms with van der Waals surface area (Å²) in [6, 6.07) is 5.82. The van der Waals surface area contributed by atoms with Crippen LogP contribution in [0, 0.1) is 20.8 Å². The maximum atomic E-state index is 12.1. The number of nitrogens with one attached hydrogen (secondary N) is 1. The summed E-state index contributed by atoms with van der Waals surface area (Å²) in [6.07, 6.45) is 5.40. The van der Waals surface area contributed by atoms with Gasteiger partial charge in [0.25, 0.3) is 5.91 Å². The number of imidazole rings is 1. The van der Waals surface area contributed by atoms with E-state index in [-0.39, 0.29) is 5.91 Å². The molecular weight excluding hydrogens is 308 g/mol. The van der Waals surface area contributed by atoms with Crippen molar-refractivity contribution in [2.24, 2.45) is 0 Å². The third-order valence-corrected chi connectivity index (χ3v) is 4.88. The summed E-state index contributed by atoms with van der Waals surface area (Å²) in [4.78, 5) is 22.7.